The molecule has 14 nitrogen and oxygen atoms in total. The summed E-state index contributed by atoms with van der Waals surface area (Å²) in [4.78, 5) is 62.8. The van der Waals surface area contributed by atoms with Crippen LogP contribution in [-0.2, 0) is 35.6 Å². The van der Waals surface area contributed by atoms with E-state index in [1.54, 1.807) is 33.1 Å². The molecule has 6 atom stereocenters. The molecule has 1 spiro atoms. The van der Waals surface area contributed by atoms with Gasteiger partial charge in [-0.3, -0.25) is 19.1 Å². The number of aryl methyl sites for hydroxylation is 2. The lowest BCUT2D eigenvalue weighted by Crippen LogP contribution is -2.59. The highest BCUT2D eigenvalue weighted by molar-refractivity contribution is 7.91. The number of sulfonamides is 1. The van der Waals surface area contributed by atoms with Crippen LogP contribution in [0.25, 0.3) is 10.9 Å². The number of amides is 4. The Hall–Kier alpha value is -4.61. The maximum Gasteiger partial charge on any atom is 0.426 e. The van der Waals surface area contributed by atoms with Crippen LogP contribution in [0.2, 0.25) is 0 Å². The van der Waals surface area contributed by atoms with Gasteiger partial charge in [0.15, 0.2) is 0 Å². The molecule has 3 fully saturated rings. The fourth-order valence-electron chi connectivity index (χ4n) is 8.82. The molecule has 2 aliphatic carbocycles. The zero-order chi connectivity index (χ0) is 43.6. The Labute approximate surface area is 347 Å². The topological polar surface area (TPSA) is 182 Å². The average Bonchev–Trinajstić information content (AvgIpc) is 4.06. The molecule has 3 N–H and O–H groups in total. The van der Waals surface area contributed by atoms with Gasteiger partial charge >= 0.3 is 12.3 Å². The van der Waals surface area contributed by atoms with Crippen molar-refractivity contribution in [2.24, 2.45) is 11.3 Å². The van der Waals surface area contributed by atoms with E-state index in [1.165, 1.54) is 25.7 Å². The summed E-state index contributed by atoms with van der Waals surface area (Å²) in [6.45, 7) is 7.05. The summed E-state index contributed by atoms with van der Waals surface area (Å²) in [7, 11) is -2.51. The van der Waals surface area contributed by atoms with Crippen LogP contribution >= 0.6 is 0 Å². The zero-order valence-corrected chi connectivity index (χ0v) is 35.6. The molecule has 1 aromatic carbocycles. The number of benzene rings is 1. The molecule has 3 aliphatic heterocycles. The number of nitrogens with zero attached hydrogens (tertiary/aromatic N) is 2. The van der Waals surface area contributed by atoms with Crippen molar-refractivity contribution in [3.8, 4) is 11.5 Å². The highest BCUT2D eigenvalue weighted by Gasteiger charge is 2.64. The van der Waals surface area contributed by atoms with E-state index in [-0.39, 0.29) is 25.8 Å². The molecule has 2 aromatic rings. The first-order chi connectivity index (χ1) is 28.0. The third kappa shape index (κ3) is 8.36. The van der Waals surface area contributed by atoms with E-state index in [1.807, 2.05) is 18.2 Å². The molecule has 4 heterocycles. The van der Waals surface area contributed by atoms with Gasteiger partial charge in [0.2, 0.25) is 27.9 Å². The molecule has 328 valence electrons. The van der Waals surface area contributed by atoms with Crippen molar-refractivity contribution in [1.82, 2.24) is 25.2 Å². The highest BCUT2D eigenvalue weighted by Crippen LogP contribution is 2.49. The van der Waals surface area contributed by atoms with Crippen LogP contribution in [0.3, 0.4) is 0 Å². The van der Waals surface area contributed by atoms with Crippen molar-refractivity contribution in [2.75, 3.05) is 13.7 Å². The van der Waals surface area contributed by atoms with Gasteiger partial charge in [-0.25, -0.2) is 18.2 Å². The van der Waals surface area contributed by atoms with Gasteiger partial charge in [0.1, 0.15) is 34.7 Å². The lowest BCUT2D eigenvalue weighted by atomic mass is 9.87. The minimum absolute atomic E-state index is 0.0355. The molecule has 60 heavy (non-hydrogen) atoms. The predicted octanol–water partition coefficient (Wildman–Crippen LogP) is 5.68. The van der Waals surface area contributed by atoms with Gasteiger partial charge in [0.25, 0.3) is 5.91 Å². The summed E-state index contributed by atoms with van der Waals surface area (Å²) in [6.07, 6.45) is -1.26. The lowest BCUT2D eigenvalue weighted by Gasteiger charge is -2.37. The molecule has 1 saturated heterocycles. The number of alkyl halides is 3. The molecule has 0 radical (unpaired) electrons. The Morgan fingerprint density at radius 3 is 2.48 bits per heavy atom. The Morgan fingerprint density at radius 1 is 1.08 bits per heavy atom. The van der Waals surface area contributed by atoms with Crippen molar-refractivity contribution >= 4 is 44.7 Å². The molecule has 6 unspecified atom stereocenters. The van der Waals surface area contributed by atoms with E-state index < -0.39 is 85.4 Å². The molecular formula is C42H54F3N5O9S. The third-order valence-corrected chi connectivity index (χ3v) is 14.9. The summed E-state index contributed by atoms with van der Waals surface area (Å²) in [5, 5.41) is 6.07. The highest BCUT2D eigenvalue weighted by atomic mass is 32.2. The lowest BCUT2D eigenvalue weighted by molar-refractivity contribution is -0.230. The monoisotopic (exact) mass is 861 g/mol. The maximum atomic E-state index is 14.8. The summed E-state index contributed by atoms with van der Waals surface area (Å²) < 4.78 is 87.1. The van der Waals surface area contributed by atoms with Gasteiger partial charge in [-0.2, -0.15) is 13.2 Å². The zero-order valence-electron chi connectivity index (χ0n) is 34.8. The Morgan fingerprint density at radius 2 is 1.82 bits per heavy atom. The first-order valence-electron chi connectivity index (χ1n) is 20.6. The van der Waals surface area contributed by atoms with Crippen molar-refractivity contribution in [2.45, 2.75) is 145 Å². The van der Waals surface area contributed by atoms with Crippen LogP contribution in [0.15, 0.2) is 30.4 Å². The van der Waals surface area contributed by atoms with Crippen LogP contribution in [0.4, 0.5) is 18.0 Å². The quantitative estimate of drug-likeness (QED) is 0.306. The second-order valence-corrected chi connectivity index (χ2v) is 20.7. The van der Waals surface area contributed by atoms with Gasteiger partial charge < -0.3 is 29.7 Å². The number of hydrogen-bond acceptors (Lipinski definition) is 10. The molecular weight excluding hydrogens is 808 g/mol. The molecule has 1 aromatic heterocycles. The number of ether oxygens (including phenoxy) is 3. The third-order valence-electron chi connectivity index (χ3n) is 12.8. The minimum atomic E-state index is -4.89. The van der Waals surface area contributed by atoms with E-state index in [9.17, 15) is 40.8 Å². The first kappa shape index (κ1) is 43.5. The molecule has 7 rings (SSSR count). The van der Waals surface area contributed by atoms with Crippen LogP contribution in [0.5, 0.6) is 11.5 Å². The predicted molar refractivity (Wildman–Crippen MR) is 213 cm³/mol. The summed E-state index contributed by atoms with van der Waals surface area (Å²) in [5.74, 6) is -1.78. The average molecular weight is 862 g/mol. The van der Waals surface area contributed by atoms with Gasteiger partial charge in [-0.15, -0.1) is 0 Å². The number of aromatic nitrogens is 1. The molecule has 0 bridgehead atoms. The largest absolute Gasteiger partial charge is 0.497 e. The van der Waals surface area contributed by atoms with Gasteiger partial charge in [-0.1, -0.05) is 45.8 Å². The standard InChI is InChI=1S/C42H54F3N5O9S/c1-24-32-27(28-20-26(57-6)14-15-29(28)46-24)16-17-40(59-32)22-31-33(51)48-41(36(53)49-60(55,56)39(5)18-19-39)21-25(41)12-10-8-7-9-11-13-30(34(52)50(31)23-40)47-37(54)58-35(38(2,3)4)42(43,44)45/h10,12,14-15,20,25,30-31,35H,7-9,11,13,16-19,21-23H2,1-6H3,(H,47,54)(H,48,51)(H,49,53). The number of hydrogen-bond donors (Lipinski definition) is 3. The van der Waals surface area contributed by atoms with E-state index in [4.69, 9.17) is 19.2 Å². The molecule has 5 aliphatic rings. The smallest absolute Gasteiger partial charge is 0.426 e. The van der Waals surface area contributed by atoms with Gasteiger partial charge in [0, 0.05) is 28.7 Å². The van der Waals surface area contributed by atoms with Crippen LogP contribution in [0.1, 0.15) is 103 Å². The van der Waals surface area contributed by atoms with E-state index in [2.05, 4.69) is 15.4 Å². The number of methoxy groups -OCH3 is 1. The number of carbonyl (C=O) groups is 4. The normalized spacial score (nSPS) is 28.5. The Bertz CT molecular complexity index is 2210. The number of halogens is 3. The van der Waals surface area contributed by atoms with Crippen molar-refractivity contribution in [3.05, 3.63) is 41.6 Å². The van der Waals surface area contributed by atoms with Gasteiger partial charge in [-0.05, 0) is 83.4 Å². The summed E-state index contributed by atoms with van der Waals surface area (Å²) in [5.41, 5.74) is -2.12. The van der Waals surface area contributed by atoms with Crippen molar-refractivity contribution in [3.63, 3.8) is 0 Å². The number of allylic oxidation sites excluding steroid dienone is 1. The summed E-state index contributed by atoms with van der Waals surface area (Å²) >= 11 is 0. The van der Waals surface area contributed by atoms with E-state index in [0.717, 1.165) is 16.5 Å². The van der Waals surface area contributed by atoms with Crippen LogP contribution in [-0.4, -0.2) is 96.0 Å². The number of pyridine rings is 1. The number of rotatable bonds is 6. The molecule has 4 amide bonds. The fraction of sp³-hybridized carbons (Fsp3) is 0.643. The number of carbonyl (C=O) groups excluding carboxylic acids is 4. The second kappa shape index (κ2) is 15.4. The SMILES string of the molecule is COc1ccc2nc(C)c3c(c2c1)CCC1(CC2C(=O)NC4(C(=O)NS(=O)(=O)C5(C)CC5)CC4C=CCCCCCC(NC(=O)OC(C(C)(C)C)C(F)(F)F)C(=O)N2C1)O3. The van der Waals surface area contributed by atoms with Crippen molar-refractivity contribution < 1.29 is 55.0 Å². The van der Waals surface area contributed by atoms with E-state index >= 15 is 0 Å². The first-order valence-corrected chi connectivity index (χ1v) is 22.1. The Balaban J connectivity index is 1.24. The number of fused-ring (bicyclic) bond motifs is 5. The Kier molecular flexibility index (Phi) is 11.1. The second-order valence-electron chi connectivity index (χ2n) is 18.5. The van der Waals surface area contributed by atoms with Gasteiger partial charge in [0.05, 0.1) is 29.6 Å². The number of nitrogens with one attached hydrogen (secondary N) is 3. The van der Waals surface area contributed by atoms with Crippen LogP contribution < -0.4 is 24.8 Å². The van der Waals surface area contributed by atoms with E-state index in [0.29, 0.717) is 68.6 Å². The molecule has 2 saturated carbocycles. The molecule has 18 heteroatoms. The maximum absolute atomic E-state index is 14.8. The minimum Gasteiger partial charge on any atom is -0.497 e. The van der Waals surface area contributed by atoms with Crippen molar-refractivity contribution in [1.29, 1.82) is 0 Å². The van der Waals surface area contributed by atoms with Crippen LogP contribution in [0, 0.1) is 18.3 Å². The fourth-order valence-corrected chi connectivity index (χ4v) is 10.1. The summed E-state index contributed by atoms with van der Waals surface area (Å²) in [6, 6.07) is 2.84. The number of alkyl carbamates (subject to hydrolysis) is 1.